The average molecular weight is 881 g/mol. The Bertz CT molecular complexity index is 3850. The normalized spacial score (nSPS) is 15.5. The average Bonchev–Trinajstić information content (AvgIpc) is 3.99. The number of hydrogen-bond acceptors (Lipinski definition) is 13. The van der Waals surface area contributed by atoms with Crippen LogP contribution in [0.2, 0.25) is 0 Å². The van der Waals surface area contributed by atoms with Crippen molar-refractivity contribution in [3.8, 4) is 74.3 Å². The molecule has 1 unspecified atom stereocenters. The molecule has 66 heavy (non-hydrogen) atoms. The lowest BCUT2D eigenvalue weighted by Gasteiger charge is -2.31. The van der Waals surface area contributed by atoms with Crippen LogP contribution >= 0.6 is 0 Å². The SMILES string of the molecule is C=C/C=C1\C(=C/C)N=C(n2c3ccc(-c4ccc5c(c4)c4ccccc4n5-c4c(O)c(O)c(O)c(O)c4O)cc3c3c4oc5ccccc5c4ccc32)NC1c1c(O)c(O)c(O)c(O)c1O. The second kappa shape index (κ2) is 14.1. The van der Waals surface area contributed by atoms with Crippen LogP contribution in [0.5, 0.6) is 57.5 Å². The summed E-state index contributed by atoms with van der Waals surface area (Å²) in [6, 6.07) is 29.1. The van der Waals surface area contributed by atoms with Crippen molar-refractivity contribution in [2.24, 2.45) is 4.99 Å². The molecule has 0 spiro atoms. The van der Waals surface area contributed by atoms with Crippen LogP contribution in [-0.2, 0) is 0 Å². The summed E-state index contributed by atoms with van der Waals surface area (Å²) in [5, 5.41) is 115. The number of aliphatic imine (C=N–C) groups is 1. The van der Waals surface area contributed by atoms with Crippen LogP contribution < -0.4 is 5.32 Å². The summed E-state index contributed by atoms with van der Waals surface area (Å²) in [7, 11) is 0. The number of allylic oxidation sites excluding steroid dienone is 3. The minimum atomic E-state index is -1.16. The van der Waals surface area contributed by atoms with Gasteiger partial charge in [-0.15, -0.1) is 0 Å². The highest BCUT2D eigenvalue weighted by Gasteiger charge is 2.36. The van der Waals surface area contributed by atoms with Gasteiger partial charge in [-0.3, -0.25) is 4.57 Å². The molecule has 7 aromatic carbocycles. The van der Waals surface area contributed by atoms with Gasteiger partial charge in [-0.25, -0.2) is 4.99 Å². The molecule has 1 aliphatic heterocycles. The monoisotopic (exact) mass is 880 g/mol. The van der Waals surface area contributed by atoms with E-state index in [1.54, 1.807) is 37.3 Å². The van der Waals surface area contributed by atoms with Gasteiger partial charge >= 0.3 is 0 Å². The lowest BCUT2D eigenvalue weighted by Crippen LogP contribution is -2.38. The third kappa shape index (κ3) is 5.27. The van der Waals surface area contributed by atoms with Gasteiger partial charge in [-0.05, 0) is 66.6 Å². The number of furan rings is 1. The third-order valence-corrected chi connectivity index (χ3v) is 12.4. The Morgan fingerprint density at radius 3 is 1.76 bits per heavy atom. The molecule has 11 N–H and O–H groups in total. The molecule has 15 heteroatoms. The molecular weight excluding hydrogens is 845 g/mol. The highest BCUT2D eigenvalue weighted by Crippen LogP contribution is 2.56. The molecule has 0 bridgehead atoms. The molecule has 0 amide bonds. The molecule has 4 heterocycles. The first-order valence-corrected chi connectivity index (χ1v) is 20.5. The second-order valence-corrected chi connectivity index (χ2v) is 15.9. The van der Waals surface area contributed by atoms with Crippen molar-refractivity contribution in [2.75, 3.05) is 0 Å². The van der Waals surface area contributed by atoms with Crippen molar-refractivity contribution in [3.05, 3.63) is 139 Å². The molecule has 11 rings (SSSR count). The van der Waals surface area contributed by atoms with Gasteiger partial charge in [0.25, 0.3) is 0 Å². The van der Waals surface area contributed by atoms with Crippen LogP contribution in [0.25, 0.3) is 82.4 Å². The molecule has 1 aliphatic rings. The molecule has 326 valence electrons. The number of aromatic nitrogens is 2. The quantitative estimate of drug-likeness (QED) is 0.0584. The van der Waals surface area contributed by atoms with Crippen LogP contribution in [0.1, 0.15) is 18.5 Å². The molecule has 15 nitrogen and oxygen atoms in total. The molecule has 0 aliphatic carbocycles. The zero-order chi connectivity index (χ0) is 46.0. The summed E-state index contributed by atoms with van der Waals surface area (Å²) < 4.78 is 9.98. The number of rotatable bonds is 4. The van der Waals surface area contributed by atoms with Gasteiger partial charge in [0.15, 0.2) is 23.0 Å². The number of para-hydroxylation sites is 2. The van der Waals surface area contributed by atoms with Crippen LogP contribution in [0, 0.1) is 0 Å². The van der Waals surface area contributed by atoms with Crippen molar-refractivity contribution < 1.29 is 55.5 Å². The zero-order valence-electron chi connectivity index (χ0n) is 34.5. The molecule has 0 saturated heterocycles. The maximum Gasteiger partial charge on any atom is 0.209 e. The first kappa shape index (κ1) is 39.5. The molecule has 0 saturated carbocycles. The van der Waals surface area contributed by atoms with E-state index in [0.29, 0.717) is 49.9 Å². The van der Waals surface area contributed by atoms with E-state index in [-0.39, 0.29) is 17.2 Å². The van der Waals surface area contributed by atoms with E-state index in [1.807, 2.05) is 83.4 Å². The van der Waals surface area contributed by atoms with E-state index in [4.69, 9.17) is 9.41 Å². The van der Waals surface area contributed by atoms with Crippen molar-refractivity contribution in [3.63, 3.8) is 0 Å². The predicted octanol–water partition coefficient (Wildman–Crippen LogP) is 10.1. The Labute approximate surface area is 371 Å². The summed E-state index contributed by atoms with van der Waals surface area (Å²) in [6.07, 6.45) is 4.83. The summed E-state index contributed by atoms with van der Waals surface area (Å²) in [6.45, 7) is 5.59. The number of nitrogens with one attached hydrogen (secondary N) is 1. The van der Waals surface area contributed by atoms with Crippen molar-refractivity contribution >= 4 is 71.5 Å². The number of aromatic hydroxyl groups is 10. The summed E-state index contributed by atoms with van der Waals surface area (Å²) in [4.78, 5) is 5.02. The van der Waals surface area contributed by atoms with Gasteiger partial charge in [0.05, 0.1) is 44.8 Å². The van der Waals surface area contributed by atoms with E-state index in [2.05, 4.69) is 11.9 Å². The fraction of sp³-hybridized carbons (Fsp3) is 0.0392. The topological polar surface area (TPSA) is 250 Å². The Kier molecular flexibility index (Phi) is 8.41. The van der Waals surface area contributed by atoms with Gasteiger partial charge < -0.3 is 65.4 Å². The Morgan fingerprint density at radius 1 is 0.561 bits per heavy atom. The Hall–Kier alpha value is -9.37. The summed E-state index contributed by atoms with van der Waals surface area (Å²) in [5.41, 5.74) is 5.35. The fourth-order valence-electron chi connectivity index (χ4n) is 9.40. The summed E-state index contributed by atoms with van der Waals surface area (Å²) in [5.74, 6) is -9.36. The molecule has 10 aromatic rings. The standard InChI is InChI=1S/C51H36N4O11/c1-3-9-27-30(4-2)52-51(53-38(27)37-40(56)44(60)48(64)45(61)41(37)57)55-33-18-15-23(21-29(33)36-34(55)19-16-26-25-11-6-8-13-35(25)66-50(26)36)22-14-17-32-28(20-22)24-10-5-7-12-31(24)54(32)39-42(58)46(62)49(65)47(63)43(39)59/h3-21,38,56-65H,1H2,2H3,(H,52,53)/b27-9+,30-4+. The van der Waals surface area contributed by atoms with Crippen molar-refractivity contribution in [1.82, 2.24) is 14.5 Å². The van der Waals surface area contributed by atoms with Crippen LogP contribution in [0.15, 0.2) is 143 Å². The summed E-state index contributed by atoms with van der Waals surface area (Å²) >= 11 is 0. The second-order valence-electron chi connectivity index (χ2n) is 15.9. The predicted molar refractivity (Wildman–Crippen MR) is 250 cm³/mol. The van der Waals surface area contributed by atoms with Crippen molar-refractivity contribution in [2.45, 2.75) is 13.0 Å². The Morgan fingerprint density at radius 2 is 1.11 bits per heavy atom. The highest BCUT2D eigenvalue weighted by molar-refractivity contribution is 6.26. The third-order valence-electron chi connectivity index (χ3n) is 12.4. The van der Waals surface area contributed by atoms with Crippen LogP contribution in [0.4, 0.5) is 0 Å². The first-order valence-electron chi connectivity index (χ1n) is 20.5. The van der Waals surface area contributed by atoms with Crippen molar-refractivity contribution in [1.29, 1.82) is 0 Å². The number of fused-ring (bicyclic) bond motifs is 10. The maximum absolute atomic E-state index is 11.2. The lowest BCUT2D eigenvalue weighted by atomic mass is 9.92. The first-order chi connectivity index (χ1) is 31.8. The van der Waals surface area contributed by atoms with Crippen LogP contribution in [-0.4, -0.2) is 66.2 Å². The van der Waals surface area contributed by atoms with E-state index >= 15 is 0 Å². The molecule has 3 aromatic heterocycles. The highest BCUT2D eigenvalue weighted by atomic mass is 16.4. The van der Waals surface area contributed by atoms with E-state index < -0.39 is 63.5 Å². The minimum absolute atomic E-state index is 0.232. The minimum Gasteiger partial charge on any atom is -0.504 e. The largest absolute Gasteiger partial charge is 0.504 e. The number of nitrogens with zero attached hydrogens (tertiary/aromatic N) is 3. The van der Waals surface area contributed by atoms with Gasteiger partial charge in [0.1, 0.15) is 16.9 Å². The molecular formula is C51H36N4O11. The molecule has 0 radical (unpaired) electrons. The molecule has 0 fully saturated rings. The lowest BCUT2D eigenvalue weighted by molar-refractivity contribution is 0.321. The smallest absolute Gasteiger partial charge is 0.209 e. The molecule has 1 atom stereocenters. The van der Waals surface area contributed by atoms with Gasteiger partial charge in [0.2, 0.25) is 40.5 Å². The van der Waals surface area contributed by atoms with Crippen LogP contribution in [0.3, 0.4) is 0 Å². The maximum atomic E-state index is 11.2. The number of phenolic OH excluding ortho intramolecular Hbond substituents is 10. The zero-order valence-corrected chi connectivity index (χ0v) is 34.5. The fourth-order valence-corrected chi connectivity index (χ4v) is 9.40. The van der Waals surface area contributed by atoms with Gasteiger partial charge in [-0.2, -0.15) is 0 Å². The number of hydrogen-bond donors (Lipinski definition) is 11. The van der Waals surface area contributed by atoms with Gasteiger partial charge in [0, 0.05) is 32.5 Å². The number of benzene rings is 7. The Balaban J connectivity index is 1.16. The van der Waals surface area contributed by atoms with E-state index in [9.17, 15) is 51.1 Å². The van der Waals surface area contributed by atoms with Gasteiger partial charge in [-0.1, -0.05) is 73.3 Å². The van der Waals surface area contributed by atoms with E-state index in [0.717, 1.165) is 38.1 Å². The van der Waals surface area contributed by atoms with E-state index in [1.165, 1.54) is 10.6 Å². The number of phenols is 10.